The van der Waals surface area contributed by atoms with Gasteiger partial charge in [-0.25, -0.2) is 4.57 Å². The predicted octanol–water partition coefficient (Wildman–Crippen LogP) is 2.12. The molecule has 27 heavy (non-hydrogen) atoms. The first-order valence-electron chi connectivity index (χ1n) is 8.32. The Bertz CT molecular complexity index is 1060. The van der Waals surface area contributed by atoms with Crippen molar-refractivity contribution in [1.29, 1.82) is 0 Å². The summed E-state index contributed by atoms with van der Waals surface area (Å²) in [5.74, 6) is 0.648. The Labute approximate surface area is 155 Å². The second-order valence-electron chi connectivity index (χ2n) is 5.72. The molecule has 0 fully saturated rings. The summed E-state index contributed by atoms with van der Waals surface area (Å²) in [6.45, 7) is 0.0773. The molecule has 140 valence electrons. The second kappa shape index (κ2) is 7.92. The Morgan fingerprint density at radius 3 is 2.52 bits per heavy atom. The van der Waals surface area contributed by atoms with Crippen molar-refractivity contribution >= 4 is 17.0 Å². The largest absolute Gasteiger partial charge is 0.497 e. The molecule has 3 aromatic rings. The monoisotopic (exact) mass is 368 g/mol. The lowest BCUT2D eigenvalue weighted by atomic mass is 10.1. The highest BCUT2D eigenvalue weighted by Crippen LogP contribution is 2.32. The van der Waals surface area contributed by atoms with E-state index in [1.807, 2.05) is 0 Å². The molecule has 0 aliphatic heterocycles. The number of aromatic hydroxyl groups is 1. The summed E-state index contributed by atoms with van der Waals surface area (Å²) in [6.07, 6.45) is 1.45. The lowest BCUT2D eigenvalue weighted by molar-refractivity contribution is 0.307. The molecule has 3 rings (SSSR count). The van der Waals surface area contributed by atoms with E-state index in [4.69, 9.17) is 14.6 Å². The number of aliphatic hydroxyl groups excluding tert-OH is 1. The number of aliphatic hydroxyl groups is 1. The molecule has 0 saturated carbocycles. The fourth-order valence-electron chi connectivity index (χ4n) is 2.90. The van der Waals surface area contributed by atoms with E-state index in [2.05, 4.69) is 4.99 Å². The van der Waals surface area contributed by atoms with Crippen LogP contribution in [-0.2, 0) is 0 Å². The molecule has 1 aromatic heterocycles. The van der Waals surface area contributed by atoms with Crippen molar-refractivity contribution in [2.45, 2.75) is 0 Å². The zero-order valence-electron chi connectivity index (χ0n) is 15.0. The van der Waals surface area contributed by atoms with Crippen molar-refractivity contribution in [1.82, 2.24) is 4.57 Å². The number of pyridine rings is 1. The summed E-state index contributed by atoms with van der Waals surface area (Å²) in [5, 5.41) is 20.9. The van der Waals surface area contributed by atoms with Crippen LogP contribution in [0.5, 0.6) is 17.4 Å². The summed E-state index contributed by atoms with van der Waals surface area (Å²) in [7, 11) is 3.00. The van der Waals surface area contributed by atoms with E-state index < -0.39 is 5.56 Å². The summed E-state index contributed by atoms with van der Waals surface area (Å²) >= 11 is 0. The van der Waals surface area contributed by atoms with Gasteiger partial charge in [-0.05, 0) is 18.2 Å². The predicted molar refractivity (Wildman–Crippen MR) is 104 cm³/mol. The van der Waals surface area contributed by atoms with Crippen molar-refractivity contribution < 1.29 is 19.7 Å². The molecule has 0 radical (unpaired) electrons. The van der Waals surface area contributed by atoms with E-state index >= 15 is 0 Å². The number of rotatable bonds is 6. The molecule has 7 nitrogen and oxygen atoms in total. The molecule has 0 atom stereocenters. The Morgan fingerprint density at radius 2 is 1.85 bits per heavy atom. The maximum absolute atomic E-state index is 13.1. The Hall–Kier alpha value is -3.32. The van der Waals surface area contributed by atoms with Crippen molar-refractivity contribution in [2.24, 2.45) is 4.99 Å². The van der Waals surface area contributed by atoms with Crippen molar-refractivity contribution in [3.8, 4) is 23.1 Å². The topological polar surface area (TPSA) is 93.3 Å². The molecule has 0 bridgehead atoms. The van der Waals surface area contributed by atoms with Gasteiger partial charge < -0.3 is 19.7 Å². The number of ether oxygens (including phenoxy) is 2. The Kier molecular flexibility index (Phi) is 5.42. The van der Waals surface area contributed by atoms with Crippen LogP contribution in [-0.4, -0.2) is 48.4 Å². The van der Waals surface area contributed by atoms with Gasteiger partial charge in [0.1, 0.15) is 11.5 Å². The number of nitrogens with zero attached hydrogens (tertiary/aromatic N) is 2. The number of hydrogen-bond donors (Lipinski definition) is 2. The van der Waals surface area contributed by atoms with Gasteiger partial charge in [0.05, 0.1) is 38.6 Å². The van der Waals surface area contributed by atoms with Crippen molar-refractivity contribution in [3.05, 3.63) is 58.4 Å². The van der Waals surface area contributed by atoms with Gasteiger partial charge in [-0.2, -0.15) is 0 Å². The molecule has 0 aliphatic carbocycles. The molecule has 1 heterocycles. The average molecular weight is 368 g/mol. The first-order chi connectivity index (χ1) is 13.1. The van der Waals surface area contributed by atoms with Gasteiger partial charge in [0, 0.05) is 23.1 Å². The standard InChI is InChI=1S/C20H20N2O5/c1-26-13-7-8-18(27-2)17(11-13)22-19(24)15-6-4-3-5-14(15)16(20(22)25)12-21-9-10-23/h3-8,11-12,23,25H,9-10H2,1-2H3. The quantitative estimate of drug-likeness (QED) is 0.650. The Morgan fingerprint density at radius 1 is 1.11 bits per heavy atom. The zero-order valence-corrected chi connectivity index (χ0v) is 15.0. The van der Waals surface area contributed by atoms with Crippen LogP contribution in [0.3, 0.4) is 0 Å². The summed E-state index contributed by atoms with van der Waals surface area (Å²) < 4.78 is 11.8. The van der Waals surface area contributed by atoms with Gasteiger partial charge in [-0.1, -0.05) is 18.2 Å². The van der Waals surface area contributed by atoms with E-state index in [1.165, 1.54) is 25.0 Å². The molecule has 0 saturated heterocycles. The van der Waals surface area contributed by atoms with Crippen LogP contribution in [0.4, 0.5) is 0 Å². The third kappa shape index (κ3) is 3.37. The molecular weight excluding hydrogens is 348 g/mol. The summed E-state index contributed by atoms with van der Waals surface area (Å²) in [4.78, 5) is 17.2. The van der Waals surface area contributed by atoms with Gasteiger partial charge in [-0.15, -0.1) is 0 Å². The highest BCUT2D eigenvalue weighted by molar-refractivity contribution is 6.01. The van der Waals surface area contributed by atoms with Crippen LogP contribution >= 0.6 is 0 Å². The normalized spacial score (nSPS) is 11.2. The molecule has 0 amide bonds. The number of hydrogen-bond acceptors (Lipinski definition) is 6. The van der Waals surface area contributed by atoms with Gasteiger partial charge in [0.25, 0.3) is 5.56 Å². The molecule has 0 spiro atoms. The van der Waals surface area contributed by atoms with Crippen LogP contribution in [0.1, 0.15) is 5.56 Å². The van der Waals surface area contributed by atoms with Crippen LogP contribution in [0.2, 0.25) is 0 Å². The van der Waals surface area contributed by atoms with E-state index in [9.17, 15) is 9.90 Å². The molecule has 7 heteroatoms. The smallest absolute Gasteiger partial charge is 0.265 e. The highest BCUT2D eigenvalue weighted by atomic mass is 16.5. The van der Waals surface area contributed by atoms with E-state index in [0.717, 1.165) is 0 Å². The third-order valence-corrected chi connectivity index (χ3v) is 4.18. The number of aliphatic imine (C=N–C) groups is 1. The maximum atomic E-state index is 13.1. The minimum absolute atomic E-state index is 0.113. The highest BCUT2D eigenvalue weighted by Gasteiger charge is 2.19. The average Bonchev–Trinajstić information content (AvgIpc) is 2.70. The van der Waals surface area contributed by atoms with E-state index in [-0.39, 0.29) is 19.0 Å². The van der Waals surface area contributed by atoms with Crippen LogP contribution in [0.15, 0.2) is 52.3 Å². The lowest BCUT2D eigenvalue weighted by Crippen LogP contribution is -2.20. The number of methoxy groups -OCH3 is 2. The van der Waals surface area contributed by atoms with Gasteiger partial charge >= 0.3 is 0 Å². The van der Waals surface area contributed by atoms with Crippen molar-refractivity contribution in [2.75, 3.05) is 27.4 Å². The second-order valence-corrected chi connectivity index (χ2v) is 5.72. The molecular formula is C20H20N2O5. The molecule has 0 aliphatic rings. The molecule has 0 unspecified atom stereocenters. The first kappa shape index (κ1) is 18.5. The van der Waals surface area contributed by atoms with Gasteiger partial charge in [-0.3, -0.25) is 9.79 Å². The number of fused-ring (bicyclic) bond motifs is 1. The summed E-state index contributed by atoms with van der Waals surface area (Å²) in [6, 6.07) is 11.9. The van der Waals surface area contributed by atoms with Crippen molar-refractivity contribution in [3.63, 3.8) is 0 Å². The lowest BCUT2D eigenvalue weighted by Gasteiger charge is -2.17. The minimum atomic E-state index is -0.394. The Balaban J connectivity index is 2.39. The summed E-state index contributed by atoms with van der Waals surface area (Å²) in [5.41, 5.74) is 0.333. The molecule has 2 aromatic carbocycles. The van der Waals surface area contributed by atoms with Gasteiger partial charge in [0.2, 0.25) is 5.88 Å². The fraction of sp³-hybridized carbons (Fsp3) is 0.200. The minimum Gasteiger partial charge on any atom is -0.497 e. The third-order valence-electron chi connectivity index (χ3n) is 4.18. The first-order valence-corrected chi connectivity index (χ1v) is 8.32. The van der Waals surface area contributed by atoms with E-state index in [0.29, 0.717) is 33.5 Å². The SMILES string of the molecule is COc1ccc(OC)c(-n2c(O)c(C=NCCO)c3ccccc3c2=O)c1. The van der Waals surface area contributed by atoms with Crippen LogP contribution in [0, 0.1) is 0 Å². The number of benzene rings is 2. The van der Waals surface area contributed by atoms with Gasteiger partial charge in [0.15, 0.2) is 0 Å². The van der Waals surface area contributed by atoms with E-state index in [1.54, 1.807) is 42.5 Å². The number of aromatic nitrogens is 1. The van der Waals surface area contributed by atoms with Crippen LogP contribution < -0.4 is 15.0 Å². The van der Waals surface area contributed by atoms with Crippen LogP contribution in [0.25, 0.3) is 16.5 Å². The maximum Gasteiger partial charge on any atom is 0.265 e. The fourth-order valence-corrected chi connectivity index (χ4v) is 2.90. The molecule has 2 N–H and O–H groups in total. The zero-order chi connectivity index (χ0) is 19.4.